The quantitative estimate of drug-likeness (QED) is 0.505. The molecule has 0 fully saturated rings. The highest BCUT2D eigenvalue weighted by molar-refractivity contribution is 5.75. The molecule has 0 saturated heterocycles. The molecule has 0 radical (unpaired) electrons. The average molecular weight is 172 g/mol. The third-order valence-electron chi connectivity index (χ3n) is 1.79. The highest BCUT2D eigenvalue weighted by Gasteiger charge is 1.89. The second kappa shape index (κ2) is 4.41. The van der Waals surface area contributed by atoms with Crippen molar-refractivity contribution in [3.63, 3.8) is 0 Å². The number of carbonyl (C=O) groups is 1. The van der Waals surface area contributed by atoms with Crippen LogP contribution in [0.4, 0.5) is 0 Å². The van der Waals surface area contributed by atoms with E-state index in [1.54, 1.807) is 18.2 Å². The predicted molar refractivity (Wildman–Crippen MR) is 55.7 cm³/mol. The summed E-state index contributed by atoms with van der Waals surface area (Å²) in [5, 5.41) is 0. The molecule has 0 spiro atoms. The molecule has 1 nitrogen and oxygen atoms in total. The van der Waals surface area contributed by atoms with Gasteiger partial charge in [-0.2, -0.15) is 0 Å². The highest BCUT2D eigenvalue weighted by Crippen LogP contribution is 2.08. The zero-order valence-corrected chi connectivity index (χ0v) is 7.66. The molecule has 1 aromatic carbocycles. The summed E-state index contributed by atoms with van der Waals surface area (Å²) >= 11 is 0. The van der Waals surface area contributed by atoms with Crippen LogP contribution in [0, 0.1) is 0 Å². The van der Waals surface area contributed by atoms with Gasteiger partial charge < -0.3 is 0 Å². The van der Waals surface area contributed by atoms with E-state index in [9.17, 15) is 4.79 Å². The number of benzene rings is 1. The molecule has 13 heavy (non-hydrogen) atoms. The van der Waals surface area contributed by atoms with E-state index in [0.29, 0.717) is 5.56 Å². The first-order valence-electron chi connectivity index (χ1n) is 4.12. The minimum absolute atomic E-state index is 0.702. The number of hydrogen-bond acceptors (Lipinski definition) is 1. The Morgan fingerprint density at radius 3 is 2.23 bits per heavy atom. The molecule has 0 amide bonds. The number of carbonyl (C=O) groups excluding carboxylic acids is 1. The zero-order chi connectivity index (χ0) is 9.68. The van der Waals surface area contributed by atoms with E-state index in [1.807, 2.05) is 25.1 Å². The monoisotopic (exact) mass is 172 g/mol. The normalized spacial score (nSPS) is 11.0. The van der Waals surface area contributed by atoms with Crippen LogP contribution in [0.5, 0.6) is 0 Å². The molecule has 0 atom stereocenters. The maximum absolute atomic E-state index is 10.4. The van der Waals surface area contributed by atoms with Crippen molar-refractivity contribution in [1.82, 2.24) is 0 Å². The van der Waals surface area contributed by atoms with Crippen LogP contribution in [0.15, 0.2) is 42.5 Å². The van der Waals surface area contributed by atoms with Crippen molar-refractivity contribution in [2.45, 2.75) is 6.92 Å². The summed E-state index contributed by atoms with van der Waals surface area (Å²) in [6.07, 6.45) is 4.66. The van der Waals surface area contributed by atoms with Gasteiger partial charge in [-0.05, 0) is 12.5 Å². The Morgan fingerprint density at radius 2 is 1.77 bits per heavy atom. The fourth-order valence-electron chi connectivity index (χ4n) is 0.993. The second-order valence-corrected chi connectivity index (χ2v) is 2.88. The molecule has 0 N–H and O–H groups in total. The van der Waals surface area contributed by atoms with E-state index >= 15 is 0 Å². The van der Waals surface area contributed by atoms with Crippen molar-refractivity contribution in [2.75, 3.05) is 0 Å². The van der Waals surface area contributed by atoms with E-state index in [0.717, 1.165) is 17.4 Å². The van der Waals surface area contributed by atoms with Gasteiger partial charge in [-0.3, -0.25) is 4.79 Å². The third kappa shape index (κ3) is 2.71. The Morgan fingerprint density at radius 1 is 1.23 bits per heavy atom. The van der Waals surface area contributed by atoms with Gasteiger partial charge in [0.1, 0.15) is 6.29 Å². The fraction of sp³-hybridized carbons (Fsp3) is 0.0833. The Hall–Kier alpha value is -1.63. The van der Waals surface area contributed by atoms with Gasteiger partial charge in [0, 0.05) is 5.56 Å². The van der Waals surface area contributed by atoms with Crippen molar-refractivity contribution < 1.29 is 4.79 Å². The molecule has 1 heteroatoms. The summed E-state index contributed by atoms with van der Waals surface area (Å²) in [7, 11) is 0. The van der Waals surface area contributed by atoms with Gasteiger partial charge in [0.25, 0.3) is 0 Å². The van der Waals surface area contributed by atoms with E-state index in [2.05, 4.69) is 6.58 Å². The molecule has 0 unspecified atom stereocenters. The van der Waals surface area contributed by atoms with Gasteiger partial charge in [0.15, 0.2) is 0 Å². The molecule has 0 aromatic heterocycles. The predicted octanol–water partition coefficient (Wildman–Crippen LogP) is 3.09. The van der Waals surface area contributed by atoms with Crippen molar-refractivity contribution in [3.05, 3.63) is 53.6 Å². The minimum Gasteiger partial charge on any atom is -0.298 e. The van der Waals surface area contributed by atoms with Gasteiger partial charge in [-0.1, -0.05) is 48.6 Å². The average Bonchev–Trinajstić information content (AvgIpc) is 2.19. The summed E-state index contributed by atoms with van der Waals surface area (Å²) in [6.45, 7) is 5.65. The summed E-state index contributed by atoms with van der Waals surface area (Å²) in [4.78, 5) is 10.4. The Kier molecular flexibility index (Phi) is 3.21. The van der Waals surface area contributed by atoms with Crippen LogP contribution in [0.2, 0.25) is 0 Å². The molecule has 1 rings (SSSR count). The van der Waals surface area contributed by atoms with Gasteiger partial charge in [0.2, 0.25) is 0 Å². The lowest BCUT2D eigenvalue weighted by atomic mass is 10.1. The van der Waals surface area contributed by atoms with Crippen molar-refractivity contribution in [2.24, 2.45) is 0 Å². The molecular formula is C12H12O. The maximum Gasteiger partial charge on any atom is 0.150 e. The summed E-state index contributed by atoms with van der Waals surface area (Å²) in [5.74, 6) is 0. The number of hydrogen-bond donors (Lipinski definition) is 0. The van der Waals surface area contributed by atoms with Crippen molar-refractivity contribution in [3.8, 4) is 0 Å². The standard InChI is InChI=1S/C12H12O/c1-3-10(2)8-11-4-6-12(9-13)7-5-11/h3-9H,1H2,2H3. The first kappa shape index (κ1) is 9.46. The molecule has 1 aromatic rings. The molecule has 0 heterocycles. The van der Waals surface area contributed by atoms with Crippen LogP contribution in [0.25, 0.3) is 6.08 Å². The lowest BCUT2D eigenvalue weighted by Gasteiger charge is -1.95. The van der Waals surface area contributed by atoms with E-state index < -0.39 is 0 Å². The first-order chi connectivity index (χ1) is 6.26. The smallest absolute Gasteiger partial charge is 0.150 e. The van der Waals surface area contributed by atoms with Crippen LogP contribution in [-0.2, 0) is 0 Å². The largest absolute Gasteiger partial charge is 0.298 e. The van der Waals surface area contributed by atoms with Crippen LogP contribution >= 0.6 is 0 Å². The number of allylic oxidation sites excluding steroid dienone is 2. The van der Waals surface area contributed by atoms with Crippen LogP contribution in [0.3, 0.4) is 0 Å². The molecule has 66 valence electrons. The summed E-state index contributed by atoms with van der Waals surface area (Å²) < 4.78 is 0. The maximum atomic E-state index is 10.4. The summed E-state index contributed by atoms with van der Waals surface area (Å²) in [6, 6.07) is 7.43. The molecule has 0 aliphatic rings. The minimum atomic E-state index is 0.702. The molecule has 0 aliphatic carbocycles. The lowest BCUT2D eigenvalue weighted by molar-refractivity contribution is 0.112. The Bertz CT molecular complexity index is 331. The first-order valence-corrected chi connectivity index (χ1v) is 4.12. The Labute approximate surface area is 78.4 Å². The van der Waals surface area contributed by atoms with Crippen LogP contribution in [-0.4, -0.2) is 6.29 Å². The highest BCUT2D eigenvalue weighted by atomic mass is 16.1. The van der Waals surface area contributed by atoms with E-state index in [4.69, 9.17) is 0 Å². The summed E-state index contributed by atoms with van der Waals surface area (Å²) in [5.41, 5.74) is 2.90. The Balaban J connectivity index is 2.92. The van der Waals surface area contributed by atoms with Crippen molar-refractivity contribution in [1.29, 1.82) is 0 Å². The molecule has 0 bridgehead atoms. The van der Waals surface area contributed by atoms with Gasteiger partial charge in [0.05, 0.1) is 0 Å². The van der Waals surface area contributed by atoms with Gasteiger partial charge >= 0.3 is 0 Å². The van der Waals surface area contributed by atoms with Gasteiger partial charge in [-0.25, -0.2) is 0 Å². The SMILES string of the molecule is C=CC(C)=Cc1ccc(C=O)cc1. The van der Waals surface area contributed by atoms with Crippen LogP contribution < -0.4 is 0 Å². The zero-order valence-electron chi connectivity index (χ0n) is 7.66. The van der Waals surface area contributed by atoms with Crippen molar-refractivity contribution >= 4 is 12.4 Å². The molecule has 0 aliphatic heterocycles. The van der Waals surface area contributed by atoms with Gasteiger partial charge in [-0.15, -0.1) is 0 Å². The lowest BCUT2D eigenvalue weighted by Crippen LogP contribution is -1.79. The van der Waals surface area contributed by atoms with E-state index in [-0.39, 0.29) is 0 Å². The second-order valence-electron chi connectivity index (χ2n) is 2.88. The number of aldehydes is 1. The molecule has 0 saturated carbocycles. The molecular weight excluding hydrogens is 160 g/mol. The van der Waals surface area contributed by atoms with E-state index in [1.165, 1.54) is 0 Å². The topological polar surface area (TPSA) is 17.1 Å². The third-order valence-corrected chi connectivity index (χ3v) is 1.79. The number of rotatable bonds is 3. The van der Waals surface area contributed by atoms with Crippen LogP contribution in [0.1, 0.15) is 22.8 Å². The fourth-order valence-corrected chi connectivity index (χ4v) is 0.993.